The molecule has 1 saturated heterocycles. The normalized spacial score (nSPS) is 28.0. The smallest absolute Gasteiger partial charge is 0.253 e. The lowest BCUT2D eigenvalue weighted by molar-refractivity contribution is -0.0618. The van der Waals surface area contributed by atoms with E-state index in [0.717, 1.165) is 54.9 Å². The molecule has 1 heterocycles. The van der Waals surface area contributed by atoms with Crippen LogP contribution in [-0.4, -0.2) is 66.8 Å². The van der Waals surface area contributed by atoms with Gasteiger partial charge in [-0.05, 0) is 85.2 Å². The average Bonchev–Trinajstić information content (AvgIpc) is 3.76. The van der Waals surface area contributed by atoms with E-state index in [4.69, 9.17) is 4.74 Å². The number of hydrogen-bond acceptors (Lipinski definition) is 4. The van der Waals surface area contributed by atoms with Crippen molar-refractivity contribution in [3.63, 3.8) is 0 Å². The first-order valence-electron chi connectivity index (χ1n) is 13.8. The van der Waals surface area contributed by atoms with E-state index in [2.05, 4.69) is 29.2 Å². The molecule has 2 aliphatic carbocycles. The van der Waals surface area contributed by atoms with E-state index in [-0.39, 0.29) is 23.3 Å². The molecule has 37 heavy (non-hydrogen) atoms. The second-order valence-electron chi connectivity index (χ2n) is 11.6. The van der Waals surface area contributed by atoms with E-state index in [9.17, 15) is 9.90 Å². The van der Waals surface area contributed by atoms with Gasteiger partial charge in [0.25, 0.3) is 5.91 Å². The molecule has 0 aromatic heterocycles. The molecule has 2 saturated carbocycles. The standard InChI is InChI=1S/C32H38N2O3/c1-33(31(36)25-13-12-23-6-3-4-7-24(23)16-25)27-18-30(35)29-21-34(20-22-10-11-22)15-14-32(29,19-27)26-8-5-9-28(17-26)37-2/h3-9,12-13,16-17,22,27,29-30,35H,10-11,14-15,18-21H2,1-2H3. The lowest BCUT2D eigenvalue weighted by atomic mass is 9.56. The third kappa shape index (κ3) is 4.64. The molecule has 1 aliphatic heterocycles. The molecule has 0 radical (unpaired) electrons. The Bertz CT molecular complexity index is 1290. The molecular formula is C32H38N2O3. The van der Waals surface area contributed by atoms with Gasteiger partial charge in [-0.3, -0.25) is 4.79 Å². The number of likely N-dealkylation sites (tertiary alicyclic amines) is 1. The monoisotopic (exact) mass is 498 g/mol. The number of aliphatic hydroxyl groups excluding tert-OH is 1. The molecule has 6 rings (SSSR count). The Morgan fingerprint density at radius 1 is 1.08 bits per heavy atom. The molecule has 1 N–H and O–H groups in total. The van der Waals surface area contributed by atoms with Gasteiger partial charge in [0, 0.05) is 43.1 Å². The van der Waals surface area contributed by atoms with Gasteiger partial charge in [-0.15, -0.1) is 0 Å². The minimum atomic E-state index is -0.459. The van der Waals surface area contributed by atoms with E-state index in [1.165, 1.54) is 18.4 Å². The minimum Gasteiger partial charge on any atom is -0.497 e. The van der Waals surface area contributed by atoms with Crippen molar-refractivity contribution in [2.45, 2.75) is 49.7 Å². The van der Waals surface area contributed by atoms with Crippen LogP contribution in [0.5, 0.6) is 5.75 Å². The Kier molecular flexibility index (Phi) is 6.46. The van der Waals surface area contributed by atoms with E-state index in [1.807, 2.05) is 54.4 Å². The van der Waals surface area contributed by atoms with Crippen molar-refractivity contribution in [1.82, 2.24) is 9.80 Å². The molecule has 5 nitrogen and oxygen atoms in total. The number of aliphatic hydroxyl groups is 1. The quantitative estimate of drug-likeness (QED) is 0.513. The Hall–Kier alpha value is -2.89. The molecule has 4 unspecified atom stereocenters. The lowest BCUT2D eigenvalue weighted by Gasteiger charge is -2.56. The Balaban J connectivity index is 1.30. The number of benzene rings is 3. The highest BCUT2D eigenvalue weighted by molar-refractivity contribution is 5.98. The fourth-order valence-electron chi connectivity index (χ4n) is 7.00. The highest BCUT2D eigenvalue weighted by Gasteiger charge is 2.53. The maximum Gasteiger partial charge on any atom is 0.253 e. The third-order valence-corrected chi connectivity index (χ3v) is 9.34. The summed E-state index contributed by atoms with van der Waals surface area (Å²) in [6.45, 7) is 3.11. The van der Waals surface area contributed by atoms with Crippen LogP contribution in [0, 0.1) is 11.8 Å². The van der Waals surface area contributed by atoms with Crippen LogP contribution in [0.3, 0.4) is 0 Å². The lowest BCUT2D eigenvalue weighted by Crippen LogP contribution is -2.61. The van der Waals surface area contributed by atoms with Gasteiger partial charge in [0.15, 0.2) is 0 Å². The number of ether oxygens (including phenoxy) is 1. The van der Waals surface area contributed by atoms with Crippen LogP contribution < -0.4 is 4.74 Å². The number of piperidine rings is 1. The molecular weight excluding hydrogens is 460 g/mol. The molecule has 0 spiro atoms. The summed E-state index contributed by atoms with van der Waals surface area (Å²) in [6, 6.07) is 22.5. The highest BCUT2D eigenvalue weighted by atomic mass is 16.5. The van der Waals surface area contributed by atoms with Crippen molar-refractivity contribution in [2.75, 3.05) is 33.8 Å². The molecule has 5 heteroatoms. The zero-order valence-corrected chi connectivity index (χ0v) is 22.0. The predicted octanol–water partition coefficient (Wildman–Crippen LogP) is 5.11. The topological polar surface area (TPSA) is 53.0 Å². The summed E-state index contributed by atoms with van der Waals surface area (Å²) in [4.78, 5) is 18.2. The van der Waals surface area contributed by atoms with E-state index >= 15 is 0 Å². The number of methoxy groups -OCH3 is 1. The Morgan fingerprint density at radius 3 is 2.68 bits per heavy atom. The number of nitrogens with zero attached hydrogens (tertiary/aromatic N) is 2. The van der Waals surface area contributed by atoms with Gasteiger partial charge in [-0.1, -0.05) is 42.5 Å². The van der Waals surface area contributed by atoms with Crippen LogP contribution in [0.25, 0.3) is 10.8 Å². The Morgan fingerprint density at radius 2 is 1.89 bits per heavy atom. The van der Waals surface area contributed by atoms with Crippen molar-refractivity contribution < 1.29 is 14.6 Å². The zero-order chi connectivity index (χ0) is 25.6. The van der Waals surface area contributed by atoms with Crippen molar-refractivity contribution in [2.24, 2.45) is 11.8 Å². The summed E-state index contributed by atoms with van der Waals surface area (Å²) in [7, 11) is 3.62. The number of rotatable bonds is 6. The van der Waals surface area contributed by atoms with Gasteiger partial charge in [-0.2, -0.15) is 0 Å². The molecule has 3 aromatic carbocycles. The Labute approximate surface area is 220 Å². The van der Waals surface area contributed by atoms with Gasteiger partial charge in [0.2, 0.25) is 0 Å². The van der Waals surface area contributed by atoms with Crippen molar-refractivity contribution in [3.8, 4) is 5.75 Å². The first-order chi connectivity index (χ1) is 18.0. The average molecular weight is 499 g/mol. The molecule has 1 amide bonds. The highest BCUT2D eigenvalue weighted by Crippen LogP contribution is 2.51. The summed E-state index contributed by atoms with van der Waals surface area (Å²) in [5, 5.41) is 13.8. The van der Waals surface area contributed by atoms with E-state index in [1.54, 1.807) is 7.11 Å². The van der Waals surface area contributed by atoms with Crippen molar-refractivity contribution in [3.05, 3.63) is 77.9 Å². The molecule has 3 aromatic rings. The van der Waals surface area contributed by atoms with Gasteiger partial charge >= 0.3 is 0 Å². The number of hydrogen-bond donors (Lipinski definition) is 1. The molecule has 194 valence electrons. The maximum absolute atomic E-state index is 13.7. The fraction of sp³-hybridized carbons (Fsp3) is 0.469. The van der Waals surface area contributed by atoms with Crippen LogP contribution >= 0.6 is 0 Å². The van der Waals surface area contributed by atoms with Gasteiger partial charge in [-0.25, -0.2) is 0 Å². The van der Waals surface area contributed by atoms with Crippen LogP contribution in [-0.2, 0) is 5.41 Å². The van der Waals surface area contributed by atoms with Crippen LogP contribution in [0.4, 0.5) is 0 Å². The number of carbonyl (C=O) groups excluding carboxylic acids is 1. The van der Waals surface area contributed by atoms with Crippen molar-refractivity contribution >= 4 is 16.7 Å². The summed E-state index contributed by atoms with van der Waals surface area (Å²) in [5.74, 6) is 1.85. The van der Waals surface area contributed by atoms with Gasteiger partial charge in [0.1, 0.15) is 5.75 Å². The fourth-order valence-corrected chi connectivity index (χ4v) is 7.00. The molecule has 0 bridgehead atoms. The van der Waals surface area contributed by atoms with Crippen molar-refractivity contribution in [1.29, 1.82) is 0 Å². The van der Waals surface area contributed by atoms with Gasteiger partial charge in [0.05, 0.1) is 13.2 Å². The SMILES string of the molecule is COc1cccc(C23CCN(CC4CC4)CC2C(O)CC(N(C)C(=O)c2ccc4ccccc4c2)C3)c1. The summed E-state index contributed by atoms with van der Waals surface area (Å²) in [5.41, 5.74) is 1.75. The number of fused-ring (bicyclic) bond motifs is 2. The van der Waals surface area contributed by atoms with E-state index < -0.39 is 6.10 Å². The zero-order valence-electron chi connectivity index (χ0n) is 22.0. The largest absolute Gasteiger partial charge is 0.497 e. The molecule has 4 atom stereocenters. The van der Waals surface area contributed by atoms with Crippen LogP contribution in [0.2, 0.25) is 0 Å². The first kappa shape index (κ1) is 24.4. The predicted molar refractivity (Wildman–Crippen MR) is 147 cm³/mol. The third-order valence-electron chi connectivity index (χ3n) is 9.34. The van der Waals surface area contributed by atoms with E-state index in [0.29, 0.717) is 12.0 Å². The number of amides is 1. The summed E-state index contributed by atoms with van der Waals surface area (Å²) >= 11 is 0. The van der Waals surface area contributed by atoms with Gasteiger partial charge < -0.3 is 19.6 Å². The first-order valence-corrected chi connectivity index (χ1v) is 13.8. The second kappa shape index (κ2) is 9.77. The number of carbonyl (C=O) groups is 1. The maximum atomic E-state index is 13.7. The van der Waals surface area contributed by atoms with Crippen LogP contribution in [0.1, 0.15) is 48.0 Å². The summed E-state index contributed by atoms with van der Waals surface area (Å²) in [6.07, 6.45) is 4.68. The van der Waals surface area contributed by atoms with Crippen LogP contribution in [0.15, 0.2) is 66.7 Å². The summed E-state index contributed by atoms with van der Waals surface area (Å²) < 4.78 is 5.60. The second-order valence-corrected chi connectivity index (χ2v) is 11.6. The molecule has 3 aliphatic rings. The minimum absolute atomic E-state index is 0.0216. The molecule has 3 fully saturated rings.